The highest BCUT2D eigenvalue weighted by Crippen LogP contribution is 2.47. The van der Waals surface area contributed by atoms with Gasteiger partial charge in [-0.2, -0.15) is 0 Å². The van der Waals surface area contributed by atoms with E-state index in [9.17, 15) is 0 Å². The quantitative estimate of drug-likeness (QED) is 0.560. The highest BCUT2D eigenvalue weighted by Gasteiger charge is 2.47. The van der Waals surface area contributed by atoms with E-state index in [4.69, 9.17) is 0 Å². The van der Waals surface area contributed by atoms with E-state index in [1.165, 1.54) is 6.42 Å². The topological polar surface area (TPSA) is 3.24 Å². The molecule has 64 valence electrons. The molecule has 0 radical (unpaired) electrons. The molecule has 1 fully saturated rings. The van der Waals surface area contributed by atoms with Gasteiger partial charge in [0.15, 0.2) is 0 Å². The minimum atomic E-state index is 0.579. The van der Waals surface area contributed by atoms with E-state index < -0.39 is 0 Å². The average Bonchev–Trinajstić information content (AvgIpc) is 2.55. The normalized spacial score (nSPS) is 27.1. The van der Waals surface area contributed by atoms with Crippen molar-refractivity contribution >= 4 is 0 Å². The molecule has 0 aromatic heterocycles. The van der Waals surface area contributed by atoms with Crippen molar-refractivity contribution < 1.29 is 0 Å². The molecule has 0 aromatic rings. The second kappa shape index (κ2) is 2.98. The Balaban J connectivity index is 2.22. The van der Waals surface area contributed by atoms with Crippen LogP contribution in [0.5, 0.6) is 0 Å². The van der Waals surface area contributed by atoms with Crippen molar-refractivity contribution in [2.45, 2.75) is 32.7 Å². The predicted molar refractivity (Wildman–Crippen MR) is 49.6 cm³/mol. The van der Waals surface area contributed by atoms with Crippen molar-refractivity contribution in [1.82, 2.24) is 4.90 Å². The standard InChI is InChI=1S/C10H19N/c1-5-6-7-11(4)9-8-10(9,2)3/h5,9H,1,6-8H2,2-4H3. The minimum absolute atomic E-state index is 0.579. The monoisotopic (exact) mass is 153 g/mol. The molecule has 1 saturated carbocycles. The molecule has 0 aromatic carbocycles. The first-order valence-electron chi connectivity index (χ1n) is 4.39. The fourth-order valence-corrected chi connectivity index (χ4v) is 1.64. The second-order valence-corrected chi connectivity index (χ2v) is 4.27. The summed E-state index contributed by atoms with van der Waals surface area (Å²) in [6.45, 7) is 9.56. The summed E-state index contributed by atoms with van der Waals surface area (Å²) in [4.78, 5) is 2.45. The number of nitrogens with zero attached hydrogens (tertiary/aromatic N) is 1. The maximum Gasteiger partial charge on any atom is 0.0150 e. The van der Waals surface area contributed by atoms with Gasteiger partial charge in [-0.05, 0) is 25.3 Å². The van der Waals surface area contributed by atoms with Crippen LogP contribution in [0.25, 0.3) is 0 Å². The molecule has 1 aliphatic rings. The van der Waals surface area contributed by atoms with Crippen LogP contribution in [0.3, 0.4) is 0 Å². The van der Waals surface area contributed by atoms with Crippen molar-refractivity contribution in [1.29, 1.82) is 0 Å². The number of hydrogen-bond acceptors (Lipinski definition) is 1. The van der Waals surface area contributed by atoms with Crippen molar-refractivity contribution in [2.24, 2.45) is 5.41 Å². The highest BCUT2D eigenvalue weighted by molar-refractivity contribution is 5.02. The Kier molecular flexibility index (Phi) is 2.38. The zero-order valence-corrected chi connectivity index (χ0v) is 7.93. The van der Waals surface area contributed by atoms with E-state index in [-0.39, 0.29) is 0 Å². The summed E-state index contributed by atoms with van der Waals surface area (Å²) in [5.74, 6) is 0. The van der Waals surface area contributed by atoms with E-state index in [1.54, 1.807) is 0 Å². The predicted octanol–water partition coefficient (Wildman–Crippen LogP) is 2.29. The van der Waals surface area contributed by atoms with Gasteiger partial charge in [0.05, 0.1) is 0 Å². The van der Waals surface area contributed by atoms with Gasteiger partial charge in [0, 0.05) is 12.6 Å². The molecule has 0 aliphatic heterocycles. The van der Waals surface area contributed by atoms with Crippen LogP contribution in [0.15, 0.2) is 12.7 Å². The third-order valence-electron chi connectivity index (χ3n) is 2.68. The van der Waals surface area contributed by atoms with Crippen LogP contribution in [0, 0.1) is 5.41 Å². The summed E-state index contributed by atoms with van der Waals surface area (Å²) < 4.78 is 0. The van der Waals surface area contributed by atoms with Crippen LogP contribution in [-0.2, 0) is 0 Å². The molecule has 0 N–H and O–H groups in total. The van der Waals surface area contributed by atoms with Gasteiger partial charge >= 0.3 is 0 Å². The Morgan fingerprint density at radius 1 is 1.64 bits per heavy atom. The molecule has 1 nitrogen and oxygen atoms in total. The first kappa shape index (κ1) is 8.79. The molecule has 0 bridgehead atoms. The molecular weight excluding hydrogens is 134 g/mol. The molecule has 0 amide bonds. The van der Waals surface area contributed by atoms with Crippen molar-refractivity contribution in [3.05, 3.63) is 12.7 Å². The van der Waals surface area contributed by atoms with Gasteiger partial charge in [-0.1, -0.05) is 19.9 Å². The van der Waals surface area contributed by atoms with Crippen LogP contribution in [-0.4, -0.2) is 24.5 Å². The lowest BCUT2D eigenvalue weighted by molar-refractivity contribution is 0.293. The van der Waals surface area contributed by atoms with E-state index in [1.807, 2.05) is 6.08 Å². The summed E-state index contributed by atoms with van der Waals surface area (Å²) in [7, 11) is 2.21. The van der Waals surface area contributed by atoms with Crippen molar-refractivity contribution in [3.8, 4) is 0 Å². The van der Waals surface area contributed by atoms with Crippen molar-refractivity contribution in [3.63, 3.8) is 0 Å². The lowest BCUT2D eigenvalue weighted by Crippen LogP contribution is -2.24. The van der Waals surface area contributed by atoms with Gasteiger partial charge in [-0.15, -0.1) is 6.58 Å². The molecule has 0 spiro atoms. The Bertz CT molecular complexity index is 149. The van der Waals surface area contributed by atoms with Crippen LogP contribution >= 0.6 is 0 Å². The highest BCUT2D eigenvalue weighted by atomic mass is 15.2. The average molecular weight is 153 g/mol. The van der Waals surface area contributed by atoms with Gasteiger partial charge in [0.1, 0.15) is 0 Å². The van der Waals surface area contributed by atoms with Gasteiger partial charge < -0.3 is 4.90 Å². The maximum atomic E-state index is 3.72. The number of rotatable bonds is 4. The third kappa shape index (κ3) is 2.06. The molecule has 0 heterocycles. The smallest absolute Gasteiger partial charge is 0.0150 e. The molecule has 11 heavy (non-hydrogen) atoms. The minimum Gasteiger partial charge on any atom is -0.303 e. The summed E-state index contributed by atoms with van der Waals surface area (Å²) >= 11 is 0. The molecular formula is C10H19N. The lowest BCUT2D eigenvalue weighted by atomic mass is 10.2. The number of hydrogen-bond donors (Lipinski definition) is 0. The molecule has 1 unspecified atom stereocenters. The molecule has 1 rings (SSSR count). The van der Waals surface area contributed by atoms with Gasteiger partial charge in [-0.25, -0.2) is 0 Å². The zero-order chi connectivity index (χ0) is 8.48. The summed E-state index contributed by atoms with van der Waals surface area (Å²) in [5.41, 5.74) is 0.579. The van der Waals surface area contributed by atoms with Crippen LogP contribution < -0.4 is 0 Å². The Labute approximate surface area is 70.1 Å². The van der Waals surface area contributed by atoms with E-state index in [2.05, 4.69) is 32.4 Å². The van der Waals surface area contributed by atoms with Crippen LogP contribution in [0.1, 0.15) is 26.7 Å². The summed E-state index contributed by atoms with van der Waals surface area (Å²) in [5, 5.41) is 0. The van der Waals surface area contributed by atoms with Crippen molar-refractivity contribution in [2.75, 3.05) is 13.6 Å². The molecule has 1 atom stereocenters. The zero-order valence-electron chi connectivity index (χ0n) is 7.93. The second-order valence-electron chi connectivity index (χ2n) is 4.27. The fourth-order valence-electron chi connectivity index (χ4n) is 1.64. The van der Waals surface area contributed by atoms with E-state index in [0.717, 1.165) is 19.0 Å². The molecule has 1 aliphatic carbocycles. The first-order chi connectivity index (χ1) is 5.08. The lowest BCUT2D eigenvalue weighted by Gasteiger charge is -2.17. The molecule has 0 saturated heterocycles. The maximum absolute atomic E-state index is 3.72. The molecule has 1 heteroatoms. The Hall–Kier alpha value is -0.300. The SMILES string of the molecule is C=CCCN(C)C1CC1(C)C. The largest absolute Gasteiger partial charge is 0.303 e. The van der Waals surface area contributed by atoms with Crippen LogP contribution in [0.4, 0.5) is 0 Å². The van der Waals surface area contributed by atoms with Gasteiger partial charge in [-0.3, -0.25) is 0 Å². The van der Waals surface area contributed by atoms with E-state index >= 15 is 0 Å². The van der Waals surface area contributed by atoms with Crippen LogP contribution in [0.2, 0.25) is 0 Å². The third-order valence-corrected chi connectivity index (χ3v) is 2.68. The van der Waals surface area contributed by atoms with Gasteiger partial charge in [0.25, 0.3) is 0 Å². The van der Waals surface area contributed by atoms with Gasteiger partial charge in [0.2, 0.25) is 0 Å². The Morgan fingerprint density at radius 2 is 2.18 bits per heavy atom. The summed E-state index contributed by atoms with van der Waals surface area (Å²) in [6, 6.07) is 0.822. The fraction of sp³-hybridized carbons (Fsp3) is 0.800. The van der Waals surface area contributed by atoms with E-state index in [0.29, 0.717) is 5.41 Å². The first-order valence-corrected chi connectivity index (χ1v) is 4.39. The summed E-state index contributed by atoms with van der Waals surface area (Å²) in [6.07, 6.45) is 4.47. The Morgan fingerprint density at radius 3 is 2.55 bits per heavy atom.